The third kappa shape index (κ3) is 4.07. The minimum absolute atomic E-state index is 0.488. The van der Waals surface area contributed by atoms with Crippen molar-refractivity contribution in [1.29, 1.82) is 0 Å². The van der Waals surface area contributed by atoms with E-state index in [1.54, 1.807) is 7.11 Å². The molecule has 1 aliphatic carbocycles. The summed E-state index contributed by atoms with van der Waals surface area (Å²) in [5.41, 5.74) is 3.58. The van der Waals surface area contributed by atoms with E-state index >= 15 is 0 Å². The number of methoxy groups -OCH3 is 1. The zero-order chi connectivity index (χ0) is 9.73. The molecule has 1 N–H and O–H groups in total. The molecule has 0 bridgehead atoms. The van der Waals surface area contributed by atoms with Crippen LogP contribution in [0.5, 0.6) is 0 Å². The first kappa shape index (κ1) is 11.0. The van der Waals surface area contributed by atoms with Crippen LogP contribution in [-0.4, -0.2) is 26.4 Å². The predicted octanol–water partition coefficient (Wildman–Crippen LogP) is 1.73. The average molecular weight is 187 g/mol. The van der Waals surface area contributed by atoms with Crippen molar-refractivity contribution in [1.82, 2.24) is 5.48 Å². The fourth-order valence-electron chi connectivity index (χ4n) is 1.84. The van der Waals surface area contributed by atoms with Gasteiger partial charge in [0, 0.05) is 13.2 Å². The van der Waals surface area contributed by atoms with E-state index < -0.39 is 0 Å². The number of hydrogen-bond donors (Lipinski definition) is 1. The van der Waals surface area contributed by atoms with Gasteiger partial charge in [0.25, 0.3) is 0 Å². The average Bonchev–Trinajstić information content (AvgIpc) is 2.40. The molecule has 0 aromatic rings. The van der Waals surface area contributed by atoms with Crippen molar-refractivity contribution in [2.45, 2.75) is 39.2 Å². The largest absolute Gasteiger partial charge is 0.382 e. The molecule has 0 saturated heterocycles. The summed E-state index contributed by atoms with van der Waals surface area (Å²) in [7, 11) is 1.68. The molecule has 0 aromatic carbocycles. The molecule has 1 atom stereocenters. The monoisotopic (exact) mass is 187 g/mol. The van der Waals surface area contributed by atoms with Crippen LogP contribution in [0.3, 0.4) is 0 Å². The number of nitrogens with one attached hydrogen (secondary N) is 1. The number of ether oxygens (including phenoxy) is 1. The van der Waals surface area contributed by atoms with Gasteiger partial charge in [-0.3, -0.25) is 4.84 Å². The molecule has 1 aliphatic rings. The molecule has 0 aromatic heterocycles. The van der Waals surface area contributed by atoms with Crippen molar-refractivity contribution >= 4 is 0 Å². The standard InChI is InChI=1S/C10H21NO2/c1-10(2)5-4-9(8-10)11-13-7-6-12-3/h9,11H,4-8H2,1-3H3. The van der Waals surface area contributed by atoms with Crippen molar-refractivity contribution in [2.24, 2.45) is 5.41 Å². The molecule has 1 unspecified atom stereocenters. The second-order valence-electron chi connectivity index (χ2n) is 4.56. The lowest BCUT2D eigenvalue weighted by Crippen LogP contribution is -2.28. The highest BCUT2D eigenvalue weighted by molar-refractivity contribution is 4.84. The summed E-state index contributed by atoms with van der Waals surface area (Å²) in [6.45, 7) is 5.91. The van der Waals surface area contributed by atoms with Crippen LogP contribution in [0, 0.1) is 5.41 Å². The minimum Gasteiger partial charge on any atom is -0.382 e. The van der Waals surface area contributed by atoms with Gasteiger partial charge in [0.05, 0.1) is 13.2 Å². The molecule has 1 saturated carbocycles. The lowest BCUT2D eigenvalue weighted by molar-refractivity contribution is -0.0121. The van der Waals surface area contributed by atoms with Gasteiger partial charge in [-0.05, 0) is 24.7 Å². The predicted molar refractivity (Wildman–Crippen MR) is 52.4 cm³/mol. The van der Waals surface area contributed by atoms with Crippen LogP contribution in [-0.2, 0) is 9.57 Å². The first-order chi connectivity index (χ1) is 6.14. The second kappa shape index (κ2) is 4.94. The van der Waals surface area contributed by atoms with Crippen LogP contribution < -0.4 is 5.48 Å². The fraction of sp³-hybridized carbons (Fsp3) is 1.00. The van der Waals surface area contributed by atoms with Crippen molar-refractivity contribution in [3.8, 4) is 0 Å². The number of hydrogen-bond acceptors (Lipinski definition) is 3. The van der Waals surface area contributed by atoms with Gasteiger partial charge < -0.3 is 4.74 Å². The van der Waals surface area contributed by atoms with Gasteiger partial charge in [-0.1, -0.05) is 13.8 Å². The molecular formula is C10H21NO2. The van der Waals surface area contributed by atoms with Crippen LogP contribution in [0.25, 0.3) is 0 Å². The van der Waals surface area contributed by atoms with Crippen LogP contribution >= 0.6 is 0 Å². The summed E-state index contributed by atoms with van der Waals surface area (Å²) in [6.07, 6.45) is 3.72. The Morgan fingerprint density at radius 2 is 2.15 bits per heavy atom. The topological polar surface area (TPSA) is 30.5 Å². The zero-order valence-corrected chi connectivity index (χ0v) is 8.93. The van der Waals surface area contributed by atoms with Crippen molar-refractivity contribution in [3.63, 3.8) is 0 Å². The highest BCUT2D eigenvalue weighted by Crippen LogP contribution is 2.36. The summed E-state index contributed by atoms with van der Waals surface area (Å²) in [6, 6.07) is 0.534. The Kier molecular flexibility index (Phi) is 4.16. The van der Waals surface area contributed by atoms with Gasteiger partial charge in [-0.25, -0.2) is 0 Å². The van der Waals surface area contributed by atoms with E-state index in [9.17, 15) is 0 Å². The highest BCUT2D eigenvalue weighted by atomic mass is 16.7. The summed E-state index contributed by atoms with van der Waals surface area (Å²) < 4.78 is 4.88. The van der Waals surface area contributed by atoms with Crippen LogP contribution in [0.2, 0.25) is 0 Å². The summed E-state index contributed by atoms with van der Waals surface area (Å²) >= 11 is 0. The number of hydroxylamine groups is 1. The van der Waals surface area contributed by atoms with Gasteiger partial charge >= 0.3 is 0 Å². The van der Waals surface area contributed by atoms with Crippen molar-refractivity contribution in [2.75, 3.05) is 20.3 Å². The fourth-order valence-corrected chi connectivity index (χ4v) is 1.84. The highest BCUT2D eigenvalue weighted by Gasteiger charge is 2.30. The zero-order valence-electron chi connectivity index (χ0n) is 8.93. The smallest absolute Gasteiger partial charge is 0.0915 e. The SMILES string of the molecule is COCCONC1CCC(C)(C)C1. The Morgan fingerprint density at radius 1 is 1.38 bits per heavy atom. The van der Waals surface area contributed by atoms with Gasteiger partial charge in [-0.2, -0.15) is 5.48 Å². The lowest BCUT2D eigenvalue weighted by atomic mass is 9.92. The maximum Gasteiger partial charge on any atom is 0.0915 e. The first-order valence-electron chi connectivity index (χ1n) is 5.00. The molecule has 3 nitrogen and oxygen atoms in total. The third-order valence-corrected chi connectivity index (χ3v) is 2.61. The Bertz CT molecular complexity index is 148. The first-order valence-corrected chi connectivity index (χ1v) is 5.00. The molecular weight excluding hydrogens is 166 g/mol. The Morgan fingerprint density at radius 3 is 2.69 bits per heavy atom. The molecule has 1 rings (SSSR count). The van der Waals surface area contributed by atoms with Crippen LogP contribution in [0.1, 0.15) is 33.1 Å². The summed E-state index contributed by atoms with van der Waals surface area (Å²) in [5, 5.41) is 0. The third-order valence-electron chi connectivity index (χ3n) is 2.61. The van der Waals surface area contributed by atoms with Crippen LogP contribution in [0.15, 0.2) is 0 Å². The Labute approximate surface area is 80.7 Å². The van der Waals surface area contributed by atoms with E-state index in [4.69, 9.17) is 9.57 Å². The van der Waals surface area contributed by atoms with Gasteiger partial charge in [0.2, 0.25) is 0 Å². The molecule has 13 heavy (non-hydrogen) atoms. The van der Waals surface area contributed by atoms with E-state index in [1.165, 1.54) is 19.3 Å². The molecule has 0 heterocycles. The van der Waals surface area contributed by atoms with Gasteiger partial charge in [0.15, 0.2) is 0 Å². The lowest BCUT2D eigenvalue weighted by Gasteiger charge is -2.17. The van der Waals surface area contributed by atoms with E-state index in [1.807, 2.05) is 0 Å². The van der Waals surface area contributed by atoms with Gasteiger partial charge in [0.1, 0.15) is 0 Å². The van der Waals surface area contributed by atoms with E-state index in [0.29, 0.717) is 24.7 Å². The van der Waals surface area contributed by atoms with E-state index in [0.717, 1.165) is 0 Å². The Balaban J connectivity index is 2.04. The van der Waals surface area contributed by atoms with Crippen LogP contribution in [0.4, 0.5) is 0 Å². The van der Waals surface area contributed by atoms with Crippen molar-refractivity contribution in [3.05, 3.63) is 0 Å². The second-order valence-corrected chi connectivity index (χ2v) is 4.56. The molecule has 3 heteroatoms. The molecule has 0 radical (unpaired) electrons. The molecule has 0 spiro atoms. The van der Waals surface area contributed by atoms with E-state index in [-0.39, 0.29) is 0 Å². The minimum atomic E-state index is 0.488. The molecule has 0 amide bonds. The van der Waals surface area contributed by atoms with E-state index in [2.05, 4.69) is 19.3 Å². The molecule has 1 fully saturated rings. The normalized spacial score (nSPS) is 26.5. The Hall–Kier alpha value is -0.120. The molecule has 78 valence electrons. The summed E-state index contributed by atoms with van der Waals surface area (Å²) in [5.74, 6) is 0. The summed E-state index contributed by atoms with van der Waals surface area (Å²) in [4.78, 5) is 5.28. The molecule has 0 aliphatic heterocycles. The van der Waals surface area contributed by atoms with Crippen molar-refractivity contribution < 1.29 is 9.57 Å². The number of rotatable bonds is 5. The van der Waals surface area contributed by atoms with Gasteiger partial charge in [-0.15, -0.1) is 0 Å². The maximum absolute atomic E-state index is 5.28. The quantitative estimate of drug-likeness (QED) is 0.525. The maximum atomic E-state index is 5.28.